The molecule has 22 heavy (non-hydrogen) atoms. The number of amides is 1. The first-order chi connectivity index (χ1) is 10.6. The number of aromatic nitrogens is 1. The molecule has 1 atom stereocenters. The topological polar surface area (TPSA) is 69.6 Å². The van der Waals surface area contributed by atoms with Crippen LogP contribution in [0.2, 0.25) is 0 Å². The molecule has 7 heteroatoms. The van der Waals surface area contributed by atoms with Crippen LogP contribution in [0, 0.1) is 0 Å². The van der Waals surface area contributed by atoms with Crippen molar-refractivity contribution in [1.82, 2.24) is 9.88 Å². The molecule has 0 aromatic carbocycles. The molecule has 1 spiro atoms. The fourth-order valence-electron chi connectivity index (χ4n) is 2.91. The van der Waals surface area contributed by atoms with Gasteiger partial charge in [0.2, 0.25) is 5.43 Å². The lowest BCUT2D eigenvalue weighted by molar-refractivity contribution is 0.0795. The lowest BCUT2D eigenvalue weighted by atomic mass is 9.95. The van der Waals surface area contributed by atoms with E-state index >= 15 is 0 Å². The molecule has 1 fully saturated rings. The Balaban J connectivity index is 2.01. The summed E-state index contributed by atoms with van der Waals surface area (Å²) in [6, 6.07) is 0. The Kier molecular flexibility index (Phi) is 4.27. The van der Waals surface area contributed by atoms with Crippen LogP contribution in [-0.2, 0) is 11.3 Å². The lowest BCUT2D eigenvalue weighted by Crippen LogP contribution is -2.57. The summed E-state index contributed by atoms with van der Waals surface area (Å²) >= 11 is 3.27. The fraction of sp³-hybridized carbons (Fsp3) is 0.600. The number of carbonyl (C=O) groups excluding carboxylic acids is 1. The molecule has 1 aromatic heterocycles. The molecule has 0 bridgehead atoms. The number of nitrogens with zero attached hydrogens (tertiary/aromatic N) is 1. The van der Waals surface area contributed by atoms with E-state index < -0.39 is 0 Å². The Bertz CT molecular complexity index is 650. The zero-order valence-corrected chi connectivity index (χ0v) is 14.1. The molecule has 2 aliphatic heterocycles. The molecule has 3 rings (SSSR count). The zero-order valence-electron chi connectivity index (χ0n) is 12.5. The molecule has 1 N–H and O–H groups in total. The highest BCUT2D eigenvalue weighted by atomic mass is 79.9. The SMILES string of the molecule is CCCCOc1c2n(cc(Br)c1=O)CC1(CCOC1)NC2=O. The van der Waals surface area contributed by atoms with Crippen LogP contribution in [0.1, 0.15) is 36.7 Å². The van der Waals surface area contributed by atoms with Crippen molar-refractivity contribution in [2.24, 2.45) is 0 Å². The minimum absolute atomic E-state index is 0.133. The molecular formula is C15H19BrN2O4. The van der Waals surface area contributed by atoms with Gasteiger partial charge in [0.15, 0.2) is 11.4 Å². The van der Waals surface area contributed by atoms with Gasteiger partial charge in [0.05, 0.1) is 23.2 Å². The predicted octanol–water partition coefficient (Wildman–Crippen LogP) is 1.69. The minimum Gasteiger partial charge on any atom is -0.487 e. The van der Waals surface area contributed by atoms with Crippen molar-refractivity contribution in [3.63, 3.8) is 0 Å². The standard InChI is InChI=1S/C15H19BrN2O4/c1-2-3-5-22-13-11-14(20)17-15(4-6-21-9-15)8-18(11)7-10(16)12(13)19/h7H,2-6,8-9H2,1H3,(H,17,20). The molecule has 0 aliphatic carbocycles. The van der Waals surface area contributed by atoms with E-state index in [4.69, 9.17) is 9.47 Å². The quantitative estimate of drug-likeness (QED) is 0.818. The number of carbonyl (C=O) groups is 1. The maximum Gasteiger partial charge on any atom is 0.272 e. The van der Waals surface area contributed by atoms with Crippen molar-refractivity contribution in [1.29, 1.82) is 0 Å². The Hall–Kier alpha value is -1.34. The Morgan fingerprint density at radius 1 is 1.50 bits per heavy atom. The average molecular weight is 371 g/mol. The van der Waals surface area contributed by atoms with E-state index in [-0.39, 0.29) is 22.6 Å². The van der Waals surface area contributed by atoms with Gasteiger partial charge in [0.25, 0.3) is 5.91 Å². The second kappa shape index (κ2) is 6.04. The first-order valence-electron chi connectivity index (χ1n) is 7.52. The third kappa shape index (κ3) is 2.67. The van der Waals surface area contributed by atoms with Crippen LogP contribution in [0.15, 0.2) is 15.5 Å². The van der Waals surface area contributed by atoms with Gasteiger partial charge in [0.1, 0.15) is 0 Å². The number of pyridine rings is 1. The average Bonchev–Trinajstić information content (AvgIpc) is 2.91. The van der Waals surface area contributed by atoms with Gasteiger partial charge in [-0.15, -0.1) is 0 Å². The summed E-state index contributed by atoms with van der Waals surface area (Å²) in [6.45, 7) is 4.18. The molecule has 2 aliphatic rings. The summed E-state index contributed by atoms with van der Waals surface area (Å²) < 4.78 is 13.3. The predicted molar refractivity (Wildman–Crippen MR) is 84.4 cm³/mol. The van der Waals surface area contributed by atoms with E-state index in [0.717, 1.165) is 19.3 Å². The van der Waals surface area contributed by atoms with Crippen LogP contribution in [0.3, 0.4) is 0 Å². The molecule has 1 unspecified atom stereocenters. The fourth-order valence-corrected chi connectivity index (χ4v) is 3.34. The van der Waals surface area contributed by atoms with Crippen LogP contribution in [0.25, 0.3) is 0 Å². The van der Waals surface area contributed by atoms with E-state index in [1.807, 2.05) is 6.92 Å². The van der Waals surface area contributed by atoms with Crippen molar-refractivity contribution in [2.75, 3.05) is 19.8 Å². The molecule has 120 valence electrons. The van der Waals surface area contributed by atoms with Gasteiger partial charge < -0.3 is 19.4 Å². The first kappa shape index (κ1) is 15.6. The van der Waals surface area contributed by atoms with Gasteiger partial charge >= 0.3 is 0 Å². The number of hydrogen-bond acceptors (Lipinski definition) is 4. The highest BCUT2D eigenvalue weighted by Gasteiger charge is 2.42. The second-order valence-corrected chi connectivity index (χ2v) is 6.71. The number of ether oxygens (including phenoxy) is 2. The Morgan fingerprint density at radius 3 is 3.00 bits per heavy atom. The summed E-state index contributed by atoms with van der Waals surface area (Å²) in [6.07, 6.45) is 4.24. The lowest BCUT2D eigenvalue weighted by Gasteiger charge is -2.36. The smallest absolute Gasteiger partial charge is 0.272 e. The normalized spacial score (nSPS) is 23.5. The number of fused-ring (bicyclic) bond motifs is 1. The van der Waals surface area contributed by atoms with Crippen molar-refractivity contribution >= 4 is 21.8 Å². The van der Waals surface area contributed by atoms with Gasteiger partial charge in [0, 0.05) is 19.3 Å². The summed E-state index contributed by atoms with van der Waals surface area (Å²) in [7, 11) is 0. The van der Waals surface area contributed by atoms with Crippen molar-refractivity contribution in [3.05, 3.63) is 26.6 Å². The number of halogens is 1. The monoisotopic (exact) mass is 370 g/mol. The molecular weight excluding hydrogens is 352 g/mol. The van der Waals surface area contributed by atoms with Gasteiger partial charge in [-0.2, -0.15) is 0 Å². The van der Waals surface area contributed by atoms with Crippen LogP contribution < -0.4 is 15.5 Å². The summed E-state index contributed by atoms with van der Waals surface area (Å²) in [5.74, 6) is -0.137. The van der Waals surface area contributed by atoms with Gasteiger partial charge in [-0.25, -0.2) is 0 Å². The van der Waals surface area contributed by atoms with Crippen LogP contribution in [0.4, 0.5) is 0 Å². The number of nitrogens with one attached hydrogen (secondary N) is 1. The molecule has 1 amide bonds. The maximum atomic E-state index is 12.5. The van der Waals surface area contributed by atoms with Crippen molar-refractivity contribution < 1.29 is 14.3 Å². The summed E-state index contributed by atoms with van der Waals surface area (Å²) in [4.78, 5) is 24.8. The van der Waals surface area contributed by atoms with E-state index in [9.17, 15) is 9.59 Å². The second-order valence-electron chi connectivity index (χ2n) is 5.85. The molecule has 3 heterocycles. The third-order valence-electron chi connectivity index (χ3n) is 4.11. The molecule has 1 saturated heterocycles. The van der Waals surface area contributed by atoms with Gasteiger partial charge in [-0.05, 0) is 28.8 Å². The Morgan fingerprint density at radius 2 is 2.32 bits per heavy atom. The molecule has 1 aromatic rings. The maximum absolute atomic E-state index is 12.5. The van der Waals surface area contributed by atoms with Crippen molar-refractivity contribution in [2.45, 2.75) is 38.3 Å². The Labute approximate surface area is 136 Å². The first-order valence-corrected chi connectivity index (χ1v) is 8.31. The van der Waals surface area contributed by atoms with Gasteiger partial charge in [-0.1, -0.05) is 13.3 Å². The van der Waals surface area contributed by atoms with Crippen molar-refractivity contribution in [3.8, 4) is 5.75 Å². The van der Waals surface area contributed by atoms with E-state index in [1.165, 1.54) is 0 Å². The molecule has 0 saturated carbocycles. The van der Waals surface area contributed by atoms with Crippen LogP contribution >= 0.6 is 15.9 Å². The minimum atomic E-state index is -0.376. The largest absolute Gasteiger partial charge is 0.487 e. The van der Waals surface area contributed by atoms with E-state index in [1.54, 1.807) is 10.8 Å². The number of unbranched alkanes of at least 4 members (excludes halogenated alkanes) is 1. The third-order valence-corrected chi connectivity index (χ3v) is 4.67. The summed E-state index contributed by atoms with van der Waals surface area (Å²) in [5, 5.41) is 3.01. The van der Waals surface area contributed by atoms with Crippen LogP contribution in [-0.4, -0.2) is 35.8 Å². The highest BCUT2D eigenvalue weighted by molar-refractivity contribution is 9.10. The number of hydrogen-bond donors (Lipinski definition) is 1. The van der Waals surface area contributed by atoms with E-state index in [0.29, 0.717) is 36.5 Å². The molecule has 6 nitrogen and oxygen atoms in total. The van der Waals surface area contributed by atoms with Crippen LogP contribution in [0.5, 0.6) is 5.75 Å². The van der Waals surface area contributed by atoms with Gasteiger partial charge in [-0.3, -0.25) is 9.59 Å². The van der Waals surface area contributed by atoms with E-state index in [2.05, 4.69) is 21.2 Å². The summed E-state index contributed by atoms with van der Waals surface area (Å²) in [5.41, 5.74) is -0.350. The molecule has 0 radical (unpaired) electrons. The zero-order chi connectivity index (χ0) is 15.7. The highest BCUT2D eigenvalue weighted by Crippen LogP contribution is 2.29. The number of rotatable bonds is 4.